The number of benzene rings is 1. The summed E-state index contributed by atoms with van der Waals surface area (Å²) in [6.07, 6.45) is 0. The van der Waals surface area contributed by atoms with Crippen LogP contribution in [0.5, 0.6) is 0 Å². The van der Waals surface area contributed by atoms with E-state index >= 15 is 0 Å². The van der Waals surface area contributed by atoms with Crippen molar-refractivity contribution < 1.29 is 14.7 Å². The molecule has 0 bridgehead atoms. The Hall–Kier alpha value is -1.40. The molecule has 0 aromatic heterocycles. The first-order chi connectivity index (χ1) is 7.41. The minimum Gasteiger partial charge on any atom is -0.480 e. The number of amides is 1. The summed E-state index contributed by atoms with van der Waals surface area (Å²) in [4.78, 5) is 21.5. The number of carbonyl (C=O) groups excluding carboxylic acids is 1. The van der Waals surface area contributed by atoms with Crippen LogP contribution >= 0.6 is 15.9 Å². The summed E-state index contributed by atoms with van der Waals surface area (Å²) >= 11 is 3.23. The maximum absolute atomic E-state index is 10.8. The van der Waals surface area contributed by atoms with Gasteiger partial charge in [0.05, 0.1) is 5.69 Å². The molecule has 1 amide bonds. The van der Waals surface area contributed by atoms with Crippen molar-refractivity contribution >= 4 is 33.5 Å². The van der Waals surface area contributed by atoms with E-state index in [-0.39, 0.29) is 5.91 Å². The first-order valence-electron chi connectivity index (χ1n) is 4.47. The van der Waals surface area contributed by atoms with Gasteiger partial charge in [0.25, 0.3) is 0 Å². The Bertz CT molecular complexity index is 434. The second-order valence-corrected chi connectivity index (χ2v) is 4.09. The third kappa shape index (κ3) is 3.04. The molecule has 0 aliphatic carbocycles. The van der Waals surface area contributed by atoms with Crippen LogP contribution in [0.4, 0.5) is 5.69 Å². The standard InChI is InChI=1S/C10H11BrN2O3/c1-5(14)13-8-3-2-6(4-7(8)11)9(12)10(15)16/h2-4,9H,12H2,1H3,(H,13,14)(H,15,16)/t9-/m0/s1. The number of hydrogen-bond acceptors (Lipinski definition) is 3. The van der Waals surface area contributed by atoms with E-state index in [1.54, 1.807) is 18.2 Å². The number of carbonyl (C=O) groups is 2. The molecule has 16 heavy (non-hydrogen) atoms. The molecule has 1 rings (SSSR count). The van der Waals surface area contributed by atoms with Gasteiger partial charge in [0.2, 0.25) is 5.91 Å². The summed E-state index contributed by atoms with van der Waals surface area (Å²) in [5.41, 5.74) is 6.49. The van der Waals surface area contributed by atoms with Crippen molar-refractivity contribution in [3.05, 3.63) is 28.2 Å². The van der Waals surface area contributed by atoms with E-state index in [0.29, 0.717) is 15.7 Å². The zero-order valence-corrected chi connectivity index (χ0v) is 10.1. The van der Waals surface area contributed by atoms with E-state index in [9.17, 15) is 9.59 Å². The molecule has 5 nitrogen and oxygen atoms in total. The van der Waals surface area contributed by atoms with Crippen molar-refractivity contribution in [3.63, 3.8) is 0 Å². The van der Waals surface area contributed by atoms with Gasteiger partial charge in [0.15, 0.2) is 0 Å². The molecule has 0 fully saturated rings. The van der Waals surface area contributed by atoms with Crippen LogP contribution < -0.4 is 11.1 Å². The van der Waals surface area contributed by atoms with E-state index in [0.717, 1.165) is 0 Å². The topological polar surface area (TPSA) is 92.4 Å². The highest BCUT2D eigenvalue weighted by Crippen LogP contribution is 2.25. The van der Waals surface area contributed by atoms with Crippen LogP contribution in [0, 0.1) is 0 Å². The van der Waals surface area contributed by atoms with Crippen LogP contribution in [0.2, 0.25) is 0 Å². The van der Waals surface area contributed by atoms with Crippen molar-refractivity contribution in [1.29, 1.82) is 0 Å². The Labute approximate surface area is 101 Å². The number of rotatable bonds is 3. The first-order valence-corrected chi connectivity index (χ1v) is 5.26. The van der Waals surface area contributed by atoms with Gasteiger partial charge < -0.3 is 16.2 Å². The third-order valence-corrected chi connectivity index (χ3v) is 2.59. The van der Waals surface area contributed by atoms with Gasteiger partial charge in [-0.15, -0.1) is 0 Å². The fraction of sp³-hybridized carbons (Fsp3) is 0.200. The summed E-state index contributed by atoms with van der Waals surface area (Å²) in [7, 11) is 0. The second kappa shape index (κ2) is 5.09. The van der Waals surface area contributed by atoms with E-state index in [4.69, 9.17) is 10.8 Å². The van der Waals surface area contributed by atoms with Crippen LogP contribution in [0.15, 0.2) is 22.7 Å². The van der Waals surface area contributed by atoms with Crippen LogP contribution in [-0.4, -0.2) is 17.0 Å². The van der Waals surface area contributed by atoms with Crippen LogP contribution in [-0.2, 0) is 9.59 Å². The molecule has 1 atom stereocenters. The predicted octanol–water partition coefficient (Wildman–Crippen LogP) is 1.49. The maximum Gasteiger partial charge on any atom is 0.325 e. The Morgan fingerprint density at radius 2 is 2.12 bits per heavy atom. The minimum absolute atomic E-state index is 0.198. The predicted molar refractivity (Wildman–Crippen MR) is 63.0 cm³/mol. The van der Waals surface area contributed by atoms with Gasteiger partial charge in [0.1, 0.15) is 6.04 Å². The molecule has 0 aliphatic rings. The number of halogens is 1. The minimum atomic E-state index is -1.10. The molecule has 0 spiro atoms. The third-order valence-electron chi connectivity index (χ3n) is 1.93. The molecule has 0 aliphatic heterocycles. The van der Waals surface area contributed by atoms with Gasteiger partial charge >= 0.3 is 5.97 Å². The van der Waals surface area contributed by atoms with E-state index in [2.05, 4.69) is 21.2 Å². The molecule has 0 unspecified atom stereocenters. The van der Waals surface area contributed by atoms with Crippen molar-refractivity contribution in [2.45, 2.75) is 13.0 Å². The number of anilines is 1. The lowest BCUT2D eigenvalue weighted by atomic mass is 10.1. The van der Waals surface area contributed by atoms with Crippen LogP contribution in [0.25, 0.3) is 0 Å². The number of carboxylic acids is 1. The van der Waals surface area contributed by atoms with Crippen molar-refractivity contribution in [2.75, 3.05) is 5.32 Å². The van der Waals surface area contributed by atoms with Gasteiger partial charge in [-0.3, -0.25) is 9.59 Å². The Balaban J connectivity index is 2.99. The average Bonchev–Trinajstić information content (AvgIpc) is 2.19. The van der Waals surface area contributed by atoms with Gasteiger partial charge in [-0.1, -0.05) is 6.07 Å². The lowest BCUT2D eigenvalue weighted by Crippen LogP contribution is -2.20. The Morgan fingerprint density at radius 3 is 2.56 bits per heavy atom. The zero-order chi connectivity index (χ0) is 12.3. The molecule has 4 N–H and O–H groups in total. The van der Waals surface area contributed by atoms with Crippen molar-refractivity contribution in [2.24, 2.45) is 5.73 Å². The highest BCUT2D eigenvalue weighted by Gasteiger charge is 2.15. The summed E-state index contributed by atoms with van der Waals surface area (Å²) in [6, 6.07) is 3.67. The highest BCUT2D eigenvalue weighted by molar-refractivity contribution is 9.10. The van der Waals surface area contributed by atoms with E-state index < -0.39 is 12.0 Å². The van der Waals surface area contributed by atoms with Crippen molar-refractivity contribution in [3.8, 4) is 0 Å². The molecular weight excluding hydrogens is 276 g/mol. The summed E-state index contributed by atoms with van der Waals surface area (Å²) in [5.74, 6) is -1.30. The molecule has 86 valence electrons. The molecule has 6 heteroatoms. The summed E-state index contributed by atoms with van der Waals surface area (Å²) in [5, 5.41) is 11.3. The first kappa shape index (κ1) is 12.7. The van der Waals surface area contributed by atoms with Crippen LogP contribution in [0.3, 0.4) is 0 Å². The maximum atomic E-state index is 10.8. The molecule has 0 saturated heterocycles. The fourth-order valence-corrected chi connectivity index (χ4v) is 1.65. The van der Waals surface area contributed by atoms with Crippen LogP contribution in [0.1, 0.15) is 18.5 Å². The summed E-state index contributed by atoms with van der Waals surface area (Å²) < 4.78 is 0.594. The van der Waals surface area contributed by atoms with E-state index in [1.165, 1.54) is 6.92 Å². The lowest BCUT2D eigenvalue weighted by molar-refractivity contribution is -0.138. The van der Waals surface area contributed by atoms with Gasteiger partial charge in [-0.05, 0) is 33.6 Å². The zero-order valence-electron chi connectivity index (χ0n) is 8.53. The van der Waals surface area contributed by atoms with Gasteiger partial charge in [0, 0.05) is 11.4 Å². The molecule has 0 heterocycles. The average molecular weight is 287 g/mol. The lowest BCUT2D eigenvalue weighted by Gasteiger charge is -2.10. The largest absolute Gasteiger partial charge is 0.480 e. The fourth-order valence-electron chi connectivity index (χ4n) is 1.16. The highest BCUT2D eigenvalue weighted by atomic mass is 79.9. The van der Waals surface area contributed by atoms with Gasteiger partial charge in [-0.2, -0.15) is 0 Å². The van der Waals surface area contributed by atoms with Crippen molar-refractivity contribution in [1.82, 2.24) is 0 Å². The monoisotopic (exact) mass is 286 g/mol. The van der Waals surface area contributed by atoms with Gasteiger partial charge in [-0.25, -0.2) is 0 Å². The number of hydrogen-bond donors (Lipinski definition) is 3. The molecule has 0 saturated carbocycles. The summed E-state index contributed by atoms with van der Waals surface area (Å²) in [6.45, 7) is 1.39. The number of nitrogens with one attached hydrogen (secondary N) is 1. The SMILES string of the molecule is CC(=O)Nc1ccc([C@H](N)C(=O)O)cc1Br. The number of aliphatic carboxylic acids is 1. The molecular formula is C10H11BrN2O3. The molecule has 0 radical (unpaired) electrons. The molecule has 1 aromatic carbocycles. The second-order valence-electron chi connectivity index (χ2n) is 3.24. The normalized spacial score (nSPS) is 11.9. The van der Waals surface area contributed by atoms with E-state index in [1.807, 2.05) is 0 Å². The smallest absolute Gasteiger partial charge is 0.325 e. The Kier molecular flexibility index (Phi) is 4.03. The molecule has 1 aromatic rings. The Morgan fingerprint density at radius 1 is 1.50 bits per heavy atom. The quantitative estimate of drug-likeness (QED) is 0.785. The number of carboxylic acid groups (broad SMARTS) is 1. The number of nitrogens with two attached hydrogens (primary N) is 1.